The lowest BCUT2D eigenvalue weighted by Gasteiger charge is -1.93. The van der Waals surface area contributed by atoms with Crippen LogP contribution in [-0.2, 0) is 4.74 Å². The molecule has 0 aliphatic rings. The van der Waals surface area contributed by atoms with Gasteiger partial charge in [-0.1, -0.05) is 18.7 Å². The Kier molecular flexibility index (Phi) is 4.27. The third kappa shape index (κ3) is 3.62. The van der Waals surface area contributed by atoms with E-state index in [0.29, 0.717) is 6.61 Å². The molecule has 0 unspecified atom stereocenters. The first-order chi connectivity index (χ1) is 3.81. The van der Waals surface area contributed by atoms with Gasteiger partial charge in [-0.3, -0.25) is 0 Å². The second kappa shape index (κ2) is 4.60. The first-order valence-corrected chi connectivity index (χ1v) is 2.58. The molecule has 0 atom stereocenters. The molecular formula is C7H12O. The number of allylic oxidation sites excluding steroid dienone is 2. The summed E-state index contributed by atoms with van der Waals surface area (Å²) >= 11 is 0. The average molecular weight is 112 g/mol. The van der Waals surface area contributed by atoms with Crippen LogP contribution in [0.1, 0.15) is 6.92 Å². The Balaban J connectivity index is 3.44. The van der Waals surface area contributed by atoms with Crippen molar-refractivity contribution in [2.75, 3.05) is 13.7 Å². The quantitative estimate of drug-likeness (QED) is 0.505. The fraction of sp³-hybridized carbons (Fsp3) is 0.429. The maximum atomic E-state index is 4.84. The van der Waals surface area contributed by atoms with E-state index in [1.165, 1.54) is 5.57 Å². The molecule has 0 aromatic carbocycles. The number of methoxy groups -OCH3 is 1. The molecule has 0 aliphatic carbocycles. The highest BCUT2D eigenvalue weighted by atomic mass is 16.5. The largest absolute Gasteiger partial charge is 0.380 e. The number of rotatable bonds is 3. The lowest BCUT2D eigenvalue weighted by molar-refractivity contribution is 0.226. The van der Waals surface area contributed by atoms with Crippen molar-refractivity contribution in [2.24, 2.45) is 0 Å². The fourth-order valence-electron chi connectivity index (χ4n) is 0.477. The number of hydrogen-bond acceptors (Lipinski definition) is 1. The van der Waals surface area contributed by atoms with Gasteiger partial charge in [0.2, 0.25) is 0 Å². The molecule has 0 saturated carbocycles. The van der Waals surface area contributed by atoms with Crippen molar-refractivity contribution in [1.29, 1.82) is 0 Å². The summed E-state index contributed by atoms with van der Waals surface area (Å²) in [5.41, 5.74) is 1.20. The first-order valence-electron chi connectivity index (χ1n) is 2.58. The molecule has 0 aromatic heterocycles. The summed E-state index contributed by atoms with van der Waals surface area (Å²) in [6.45, 7) is 6.26. The van der Waals surface area contributed by atoms with Crippen LogP contribution in [0.4, 0.5) is 0 Å². The number of hydrogen-bond donors (Lipinski definition) is 0. The van der Waals surface area contributed by atoms with E-state index < -0.39 is 0 Å². The minimum absolute atomic E-state index is 0.700. The molecular weight excluding hydrogens is 100 g/mol. The lowest BCUT2D eigenvalue weighted by atomic mass is 10.3. The third-order valence-electron chi connectivity index (χ3n) is 0.774. The van der Waals surface area contributed by atoms with Crippen molar-refractivity contribution in [3.63, 3.8) is 0 Å². The van der Waals surface area contributed by atoms with Crippen LogP contribution < -0.4 is 0 Å². The maximum absolute atomic E-state index is 4.84. The molecule has 0 N–H and O–H groups in total. The van der Waals surface area contributed by atoms with Crippen LogP contribution in [0, 0.1) is 0 Å². The van der Waals surface area contributed by atoms with E-state index in [1.54, 1.807) is 13.2 Å². The van der Waals surface area contributed by atoms with Gasteiger partial charge in [-0.25, -0.2) is 0 Å². The molecule has 0 saturated heterocycles. The standard InChI is InChI=1S/C7H12O/c1-4-5-7(2)6-8-3/h4-5H,1,6H2,2-3H3/b7-5+. The van der Waals surface area contributed by atoms with E-state index in [9.17, 15) is 0 Å². The smallest absolute Gasteiger partial charge is 0.0673 e. The van der Waals surface area contributed by atoms with Crippen molar-refractivity contribution < 1.29 is 4.74 Å². The van der Waals surface area contributed by atoms with Crippen LogP contribution in [-0.4, -0.2) is 13.7 Å². The highest BCUT2D eigenvalue weighted by Crippen LogP contribution is 1.90. The zero-order valence-electron chi connectivity index (χ0n) is 5.48. The zero-order valence-corrected chi connectivity index (χ0v) is 5.48. The molecule has 46 valence electrons. The molecule has 0 amide bonds. The second-order valence-electron chi connectivity index (χ2n) is 1.68. The Bertz CT molecular complexity index is 92.6. The normalized spacial score (nSPS) is 11.5. The molecule has 0 aromatic rings. The van der Waals surface area contributed by atoms with E-state index in [-0.39, 0.29) is 0 Å². The predicted octanol–water partition coefficient (Wildman–Crippen LogP) is 1.77. The van der Waals surface area contributed by atoms with E-state index in [0.717, 1.165) is 0 Å². The number of ether oxygens (including phenoxy) is 1. The maximum Gasteiger partial charge on any atom is 0.0673 e. The van der Waals surface area contributed by atoms with Gasteiger partial charge in [-0.05, 0) is 12.5 Å². The molecule has 0 fully saturated rings. The average Bonchev–Trinajstić information content (AvgIpc) is 1.68. The molecule has 1 nitrogen and oxygen atoms in total. The van der Waals surface area contributed by atoms with Crippen LogP contribution in [0.2, 0.25) is 0 Å². The summed E-state index contributed by atoms with van der Waals surface area (Å²) in [6.07, 6.45) is 3.69. The van der Waals surface area contributed by atoms with Crippen LogP contribution >= 0.6 is 0 Å². The Morgan fingerprint density at radius 3 is 2.75 bits per heavy atom. The van der Waals surface area contributed by atoms with E-state index in [4.69, 9.17) is 4.74 Å². The summed E-state index contributed by atoms with van der Waals surface area (Å²) in [4.78, 5) is 0. The van der Waals surface area contributed by atoms with Gasteiger partial charge in [0.15, 0.2) is 0 Å². The molecule has 0 spiro atoms. The lowest BCUT2D eigenvalue weighted by Crippen LogP contribution is -1.87. The second-order valence-corrected chi connectivity index (χ2v) is 1.68. The van der Waals surface area contributed by atoms with Gasteiger partial charge in [0.1, 0.15) is 0 Å². The molecule has 0 aliphatic heterocycles. The monoisotopic (exact) mass is 112 g/mol. The van der Waals surface area contributed by atoms with Gasteiger partial charge in [0, 0.05) is 7.11 Å². The molecule has 0 rings (SSSR count). The van der Waals surface area contributed by atoms with Gasteiger partial charge in [-0.2, -0.15) is 0 Å². The van der Waals surface area contributed by atoms with Crippen molar-refractivity contribution in [2.45, 2.75) is 6.92 Å². The SMILES string of the molecule is C=C/C=C(\C)COC. The van der Waals surface area contributed by atoms with Gasteiger partial charge >= 0.3 is 0 Å². The molecule has 8 heavy (non-hydrogen) atoms. The fourth-order valence-corrected chi connectivity index (χ4v) is 0.477. The van der Waals surface area contributed by atoms with Crippen molar-refractivity contribution in [3.8, 4) is 0 Å². The third-order valence-corrected chi connectivity index (χ3v) is 0.774. The summed E-state index contributed by atoms with van der Waals surface area (Å²) in [5, 5.41) is 0. The van der Waals surface area contributed by atoms with Gasteiger partial charge in [0.05, 0.1) is 6.61 Å². The van der Waals surface area contributed by atoms with Crippen molar-refractivity contribution >= 4 is 0 Å². The molecule has 1 heteroatoms. The summed E-state index contributed by atoms with van der Waals surface area (Å²) in [6, 6.07) is 0. The summed E-state index contributed by atoms with van der Waals surface area (Å²) in [5.74, 6) is 0. The van der Waals surface area contributed by atoms with Crippen LogP contribution in [0.5, 0.6) is 0 Å². The van der Waals surface area contributed by atoms with Crippen LogP contribution in [0.3, 0.4) is 0 Å². The van der Waals surface area contributed by atoms with Gasteiger partial charge in [0.25, 0.3) is 0 Å². The first kappa shape index (κ1) is 7.44. The van der Waals surface area contributed by atoms with E-state index >= 15 is 0 Å². The molecule has 0 heterocycles. The van der Waals surface area contributed by atoms with E-state index in [1.807, 2.05) is 13.0 Å². The highest BCUT2D eigenvalue weighted by molar-refractivity contribution is 5.07. The van der Waals surface area contributed by atoms with Crippen LogP contribution in [0.15, 0.2) is 24.3 Å². The summed E-state index contributed by atoms with van der Waals surface area (Å²) < 4.78 is 4.84. The van der Waals surface area contributed by atoms with Crippen molar-refractivity contribution in [1.82, 2.24) is 0 Å². The zero-order chi connectivity index (χ0) is 6.41. The Labute approximate surface area is 50.7 Å². The Hall–Kier alpha value is -0.560. The topological polar surface area (TPSA) is 9.23 Å². The summed E-state index contributed by atoms with van der Waals surface area (Å²) in [7, 11) is 1.68. The van der Waals surface area contributed by atoms with Gasteiger partial charge in [-0.15, -0.1) is 0 Å². The minimum atomic E-state index is 0.700. The highest BCUT2D eigenvalue weighted by Gasteiger charge is 1.80. The Morgan fingerprint density at radius 1 is 1.75 bits per heavy atom. The minimum Gasteiger partial charge on any atom is -0.380 e. The molecule has 0 bridgehead atoms. The van der Waals surface area contributed by atoms with Crippen LogP contribution in [0.25, 0.3) is 0 Å². The molecule has 0 radical (unpaired) electrons. The predicted molar refractivity (Wildman–Crippen MR) is 35.8 cm³/mol. The van der Waals surface area contributed by atoms with Crippen molar-refractivity contribution in [3.05, 3.63) is 24.3 Å². The van der Waals surface area contributed by atoms with E-state index in [2.05, 4.69) is 6.58 Å². The van der Waals surface area contributed by atoms with Gasteiger partial charge < -0.3 is 4.74 Å². The Morgan fingerprint density at radius 2 is 2.38 bits per heavy atom.